The van der Waals surface area contributed by atoms with Crippen molar-refractivity contribution in [2.45, 2.75) is 6.54 Å². The van der Waals surface area contributed by atoms with E-state index >= 15 is 0 Å². The van der Waals surface area contributed by atoms with E-state index in [1.807, 2.05) is 48.5 Å². The molecule has 4 aromatic rings. The molecule has 0 aliphatic carbocycles. The van der Waals surface area contributed by atoms with Gasteiger partial charge in [0, 0.05) is 29.6 Å². The van der Waals surface area contributed by atoms with Crippen molar-refractivity contribution >= 4 is 28.3 Å². The Hall–Kier alpha value is -2.91. The molecule has 128 valence electrons. The van der Waals surface area contributed by atoms with Crippen LogP contribution in [0.4, 0.5) is 5.82 Å². The van der Waals surface area contributed by atoms with Gasteiger partial charge in [0.05, 0.1) is 5.52 Å². The van der Waals surface area contributed by atoms with Crippen LogP contribution < -0.4 is 4.90 Å². The van der Waals surface area contributed by atoms with E-state index in [-0.39, 0.29) is 0 Å². The number of fused-ring (bicyclic) bond motifs is 1. The first-order chi connectivity index (χ1) is 12.7. The van der Waals surface area contributed by atoms with E-state index in [9.17, 15) is 0 Å². The number of anilines is 1. The van der Waals surface area contributed by atoms with Crippen molar-refractivity contribution in [1.29, 1.82) is 0 Å². The SMILES string of the molecule is CN(Cc1ccccc1)c1nc(-c2ccc(Cl)cc2)nc2ccccc12. The van der Waals surface area contributed by atoms with E-state index in [0.29, 0.717) is 10.8 Å². The first-order valence-electron chi connectivity index (χ1n) is 8.48. The molecule has 0 unspecified atom stereocenters. The first-order valence-corrected chi connectivity index (χ1v) is 8.86. The van der Waals surface area contributed by atoms with Gasteiger partial charge in [-0.3, -0.25) is 0 Å². The average Bonchev–Trinajstić information content (AvgIpc) is 2.68. The van der Waals surface area contributed by atoms with Crippen LogP contribution in [0.15, 0.2) is 78.9 Å². The normalized spacial score (nSPS) is 10.8. The number of benzene rings is 3. The number of aromatic nitrogens is 2. The molecule has 3 aromatic carbocycles. The molecular weight excluding hydrogens is 342 g/mol. The second-order valence-electron chi connectivity index (χ2n) is 6.24. The van der Waals surface area contributed by atoms with Gasteiger partial charge in [-0.05, 0) is 42.0 Å². The molecule has 0 aliphatic heterocycles. The topological polar surface area (TPSA) is 29.0 Å². The third kappa shape index (κ3) is 3.39. The summed E-state index contributed by atoms with van der Waals surface area (Å²) in [5.74, 6) is 1.62. The molecule has 0 saturated heterocycles. The highest BCUT2D eigenvalue weighted by atomic mass is 35.5. The molecule has 0 saturated carbocycles. The van der Waals surface area contributed by atoms with E-state index < -0.39 is 0 Å². The smallest absolute Gasteiger partial charge is 0.162 e. The molecule has 26 heavy (non-hydrogen) atoms. The summed E-state index contributed by atoms with van der Waals surface area (Å²) >= 11 is 6.02. The zero-order valence-electron chi connectivity index (χ0n) is 14.4. The largest absolute Gasteiger partial charge is 0.355 e. The third-order valence-electron chi connectivity index (χ3n) is 4.31. The Morgan fingerprint density at radius 1 is 0.808 bits per heavy atom. The summed E-state index contributed by atoms with van der Waals surface area (Å²) in [6.07, 6.45) is 0. The fourth-order valence-electron chi connectivity index (χ4n) is 3.01. The second kappa shape index (κ2) is 7.14. The minimum atomic E-state index is 0.704. The van der Waals surface area contributed by atoms with E-state index in [4.69, 9.17) is 21.6 Å². The number of hydrogen-bond donors (Lipinski definition) is 0. The predicted molar refractivity (Wildman–Crippen MR) is 109 cm³/mol. The maximum Gasteiger partial charge on any atom is 0.162 e. The maximum atomic E-state index is 6.02. The van der Waals surface area contributed by atoms with E-state index in [2.05, 4.69) is 42.3 Å². The van der Waals surface area contributed by atoms with Gasteiger partial charge in [0.1, 0.15) is 5.82 Å². The molecule has 1 heterocycles. The van der Waals surface area contributed by atoms with Crippen LogP contribution in [0.25, 0.3) is 22.3 Å². The van der Waals surface area contributed by atoms with Crippen LogP contribution in [0.2, 0.25) is 5.02 Å². The number of rotatable bonds is 4. The highest BCUT2D eigenvalue weighted by Gasteiger charge is 2.13. The minimum Gasteiger partial charge on any atom is -0.355 e. The van der Waals surface area contributed by atoms with Crippen molar-refractivity contribution in [3.8, 4) is 11.4 Å². The van der Waals surface area contributed by atoms with Gasteiger partial charge >= 0.3 is 0 Å². The number of halogens is 1. The summed E-state index contributed by atoms with van der Waals surface area (Å²) in [5.41, 5.74) is 3.13. The van der Waals surface area contributed by atoms with Crippen LogP contribution in [0.5, 0.6) is 0 Å². The van der Waals surface area contributed by atoms with Crippen LogP contribution >= 0.6 is 11.6 Å². The quantitative estimate of drug-likeness (QED) is 0.476. The van der Waals surface area contributed by atoms with Crippen molar-refractivity contribution in [3.63, 3.8) is 0 Å². The molecule has 4 rings (SSSR count). The van der Waals surface area contributed by atoms with Gasteiger partial charge in [0.25, 0.3) is 0 Å². The van der Waals surface area contributed by atoms with Crippen molar-refractivity contribution in [2.75, 3.05) is 11.9 Å². The molecule has 1 aromatic heterocycles. The van der Waals surface area contributed by atoms with Crippen LogP contribution in [-0.2, 0) is 6.54 Å². The first kappa shape index (κ1) is 16.6. The number of hydrogen-bond acceptors (Lipinski definition) is 3. The van der Waals surface area contributed by atoms with Crippen molar-refractivity contribution in [3.05, 3.63) is 89.4 Å². The lowest BCUT2D eigenvalue weighted by Crippen LogP contribution is -2.18. The minimum absolute atomic E-state index is 0.704. The summed E-state index contributed by atoms with van der Waals surface area (Å²) < 4.78 is 0. The molecule has 0 fully saturated rings. The summed E-state index contributed by atoms with van der Waals surface area (Å²) in [6, 6.07) is 26.1. The Morgan fingerprint density at radius 3 is 2.27 bits per heavy atom. The Balaban J connectivity index is 1.80. The predicted octanol–water partition coefficient (Wildman–Crippen LogP) is 5.59. The third-order valence-corrected chi connectivity index (χ3v) is 4.56. The fourth-order valence-corrected chi connectivity index (χ4v) is 3.14. The molecule has 4 heteroatoms. The molecule has 0 amide bonds. The van der Waals surface area contributed by atoms with Crippen LogP contribution in [0.3, 0.4) is 0 Å². The summed E-state index contributed by atoms with van der Waals surface area (Å²) in [6.45, 7) is 0.780. The monoisotopic (exact) mass is 359 g/mol. The van der Waals surface area contributed by atoms with E-state index in [1.54, 1.807) is 0 Å². The van der Waals surface area contributed by atoms with Gasteiger partial charge in [-0.2, -0.15) is 0 Å². The molecule has 0 atom stereocenters. The van der Waals surface area contributed by atoms with Gasteiger partial charge in [-0.15, -0.1) is 0 Å². The van der Waals surface area contributed by atoms with Gasteiger partial charge in [0.2, 0.25) is 0 Å². The van der Waals surface area contributed by atoms with Crippen LogP contribution in [0.1, 0.15) is 5.56 Å². The van der Waals surface area contributed by atoms with Crippen molar-refractivity contribution in [2.24, 2.45) is 0 Å². The van der Waals surface area contributed by atoms with Crippen LogP contribution in [0, 0.1) is 0 Å². The van der Waals surface area contributed by atoms with E-state index in [0.717, 1.165) is 28.8 Å². The van der Waals surface area contributed by atoms with Gasteiger partial charge < -0.3 is 4.90 Å². The van der Waals surface area contributed by atoms with Crippen molar-refractivity contribution < 1.29 is 0 Å². The molecular formula is C22H18ClN3. The highest BCUT2D eigenvalue weighted by molar-refractivity contribution is 6.30. The Morgan fingerprint density at radius 2 is 1.50 bits per heavy atom. The lowest BCUT2D eigenvalue weighted by atomic mass is 10.1. The number of nitrogens with zero attached hydrogens (tertiary/aromatic N) is 3. The summed E-state index contributed by atoms with van der Waals surface area (Å²) in [7, 11) is 2.06. The average molecular weight is 360 g/mol. The zero-order chi connectivity index (χ0) is 17.9. The highest BCUT2D eigenvalue weighted by Crippen LogP contribution is 2.28. The standard InChI is InChI=1S/C22H18ClN3/c1-26(15-16-7-3-2-4-8-16)22-19-9-5-6-10-20(19)24-21(25-22)17-11-13-18(23)14-12-17/h2-14H,15H2,1H3. The van der Waals surface area contributed by atoms with Crippen LogP contribution in [-0.4, -0.2) is 17.0 Å². The Kier molecular flexibility index (Phi) is 4.55. The van der Waals surface area contributed by atoms with Gasteiger partial charge in [0.15, 0.2) is 5.82 Å². The zero-order valence-corrected chi connectivity index (χ0v) is 15.2. The molecule has 0 aliphatic rings. The fraction of sp³-hybridized carbons (Fsp3) is 0.0909. The second-order valence-corrected chi connectivity index (χ2v) is 6.67. The lowest BCUT2D eigenvalue weighted by molar-refractivity contribution is 0.902. The van der Waals surface area contributed by atoms with Gasteiger partial charge in [-0.25, -0.2) is 9.97 Å². The Labute approximate surface area is 157 Å². The van der Waals surface area contributed by atoms with Crippen molar-refractivity contribution in [1.82, 2.24) is 9.97 Å². The number of para-hydroxylation sites is 1. The molecule has 0 spiro atoms. The molecule has 0 bridgehead atoms. The lowest BCUT2D eigenvalue weighted by Gasteiger charge is -2.21. The molecule has 0 radical (unpaired) electrons. The van der Waals surface area contributed by atoms with Gasteiger partial charge in [-0.1, -0.05) is 54.1 Å². The molecule has 3 nitrogen and oxygen atoms in total. The van der Waals surface area contributed by atoms with E-state index in [1.165, 1.54) is 5.56 Å². The maximum absolute atomic E-state index is 6.02. The Bertz CT molecular complexity index is 1030. The summed E-state index contributed by atoms with van der Waals surface area (Å²) in [4.78, 5) is 11.8. The molecule has 0 N–H and O–H groups in total. The summed E-state index contributed by atoms with van der Waals surface area (Å²) in [5, 5.41) is 1.75.